The van der Waals surface area contributed by atoms with E-state index in [2.05, 4.69) is 12.2 Å². The summed E-state index contributed by atoms with van der Waals surface area (Å²) in [4.78, 5) is 25.0. The number of aliphatic hydroxyl groups excluding tert-OH is 5. The van der Waals surface area contributed by atoms with Gasteiger partial charge in [0.15, 0.2) is 0 Å². The molecule has 0 aliphatic heterocycles. The van der Waals surface area contributed by atoms with E-state index >= 15 is 0 Å². The molecule has 0 saturated heterocycles. The number of unbranched alkanes of at least 4 members (excludes halogenated alkanes) is 3. The molecule has 11 heteroatoms. The number of ether oxygens (including phenoxy) is 1. The fourth-order valence-electron chi connectivity index (χ4n) is 3.51. The van der Waals surface area contributed by atoms with Crippen molar-refractivity contribution in [3.05, 3.63) is 35.4 Å². The molecule has 0 bridgehead atoms. The Hall–Kier alpha value is -2.28. The molecule has 35 heavy (non-hydrogen) atoms. The SMILES string of the molecule is CCCCCCN(CCNC(=O)c1ccc(CCOC(N)=O)cc1)C[C@H](O)[C@@H](O)[C@H](O)[C@H](O)CO. The maximum atomic E-state index is 12.5. The normalized spacial score (nSPS) is 14.8. The van der Waals surface area contributed by atoms with Crippen molar-refractivity contribution in [3.8, 4) is 0 Å². The summed E-state index contributed by atoms with van der Waals surface area (Å²) in [6, 6.07) is 6.88. The van der Waals surface area contributed by atoms with E-state index in [0.717, 1.165) is 31.2 Å². The first-order valence-corrected chi connectivity index (χ1v) is 12.0. The number of nitrogens with one attached hydrogen (secondary N) is 1. The van der Waals surface area contributed by atoms with Crippen LogP contribution in [-0.4, -0.2) is 106 Å². The smallest absolute Gasteiger partial charge is 0.404 e. The standard InChI is InChI=1S/C24H41N3O8/c1-2-3-4-5-12-27(15-19(29)21(31)22(32)20(30)16-28)13-11-26-23(33)18-8-6-17(7-9-18)10-14-35-24(25)34/h6-9,19-22,28-32H,2-5,10-16H2,1H3,(H2,25,34)(H,26,33)/t19-,20+,21+,22+/m0/s1. The largest absolute Gasteiger partial charge is 0.449 e. The number of hydrogen-bond acceptors (Lipinski definition) is 9. The lowest BCUT2D eigenvalue weighted by atomic mass is 10.0. The molecule has 1 rings (SSSR count). The van der Waals surface area contributed by atoms with Crippen molar-refractivity contribution in [2.24, 2.45) is 5.73 Å². The van der Waals surface area contributed by atoms with Gasteiger partial charge in [-0.2, -0.15) is 0 Å². The number of carbonyl (C=O) groups is 2. The van der Waals surface area contributed by atoms with E-state index in [1.807, 2.05) is 4.90 Å². The quantitative estimate of drug-likeness (QED) is 0.129. The van der Waals surface area contributed by atoms with Crippen molar-refractivity contribution >= 4 is 12.0 Å². The first kappa shape index (κ1) is 30.8. The fraction of sp³-hybridized carbons (Fsp3) is 0.667. The highest BCUT2D eigenvalue weighted by Crippen LogP contribution is 2.09. The van der Waals surface area contributed by atoms with Crippen LogP contribution in [0.15, 0.2) is 24.3 Å². The maximum absolute atomic E-state index is 12.5. The Bertz CT molecular complexity index is 734. The Balaban J connectivity index is 2.59. The van der Waals surface area contributed by atoms with Gasteiger partial charge in [-0.15, -0.1) is 0 Å². The van der Waals surface area contributed by atoms with E-state index in [1.54, 1.807) is 24.3 Å². The molecule has 0 unspecified atom stereocenters. The van der Waals surface area contributed by atoms with E-state index in [9.17, 15) is 30.0 Å². The molecule has 0 fully saturated rings. The van der Waals surface area contributed by atoms with Gasteiger partial charge in [-0.25, -0.2) is 4.79 Å². The van der Waals surface area contributed by atoms with Crippen LogP contribution in [0.1, 0.15) is 48.5 Å². The van der Waals surface area contributed by atoms with Crippen molar-refractivity contribution in [2.75, 3.05) is 39.4 Å². The summed E-state index contributed by atoms with van der Waals surface area (Å²) < 4.78 is 4.70. The summed E-state index contributed by atoms with van der Waals surface area (Å²) in [5.41, 5.74) is 6.29. The third-order valence-electron chi connectivity index (χ3n) is 5.66. The average Bonchev–Trinajstić information content (AvgIpc) is 2.84. The molecule has 1 aromatic carbocycles. The highest BCUT2D eigenvalue weighted by Gasteiger charge is 2.31. The van der Waals surface area contributed by atoms with E-state index in [-0.39, 0.29) is 19.1 Å². The molecule has 2 amide bonds. The van der Waals surface area contributed by atoms with Gasteiger partial charge in [0.1, 0.15) is 18.3 Å². The van der Waals surface area contributed by atoms with Crippen molar-refractivity contribution in [1.29, 1.82) is 0 Å². The minimum Gasteiger partial charge on any atom is -0.449 e. The Morgan fingerprint density at radius 3 is 2.26 bits per heavy atom. The molecule has 0 aromatic heterocycles. The topological polar surface area (TPSA) is 186 Å². The molecule has 0 aliphatic rings. The molecule has 0 spiro atoms. The average molecular weight is 500 g/mol. The van der Waals surface area contributed by atoms with Crippen LogP contribution in [0.5, 0.6) is 0 Å². The molecule has 200 valence electrons. The van der Waals surface area contributed by atoms with E-state index in [4.69, 9.17) is 15.6 Å². The second-order valence-electron chi connectivity index (χ2n) is 8.53. The number of nitrogens with two attached hydrogens (primary N) is 1. The molecular weight excluding hydrogens is 458 g/mol. The molecule has 11 nitrogen and oxygen atoms in total. The third-order valence-corrected chi connectivity index (χ3v) is 5.66. The van der Waals surface area contributed by atoms with Crippen LogP contribution in [0.3, 0.4) is 0 Å². The van der Waals surface area contributed by atoms with Crippen LogP contribution >= 0.6 is 0 Å². The van der Waals surface area contributed by atoms with Crippen molar-refractivity contribution in [1.82, 2.24) is 10.2 Å². The molecule has 0 saturated carbocycles. The van der Waals surface area contributed by atoms with Crippen LogP contribution in [-0.2, 0) is 11.2 Å². The van der Waals surface area contributed by atoms with E-state index in [1.165, 1.54) is 0 Å². The van der Waals surface area contributed by atoms with Gasteiger partial charge in [0.2, 0.25) is 0 Å². The van der Waals surface area contributed by atoms with Gasteiger partial charge in [0.25, 0.3) is 5.91 Å². The third kappa shape index (κ3) is 12.3. The van der Waals surface area contributed by atoms with E-state index < -0.39 is 37.1 Å². The summed E-state index contributed by atoms with van der Waals surface area (Å²) in [5, 5.41) is 51.6. The number of nitrogens with zero attached hydrogens (tertiary/aromatic N) is 1. The first-order valence-electron chi connectivity index (χ1n) is 12.0. The van der Waals surface area contributed by atoms with Gasteiger partial charge < -0.3 is 41.3 Å². The monoisotopic (exact) mass is 499 g/mol. The van der Waals surface area contributed by atoms with Crippen molar-refractivity contribution in [2.45, 2.75) is 63.4 Å². The lowest BCUT2D eigenvalue weighted by molar-refractivity contribution is -0.119. The Kier molecular flexibility index (Phi) is 15.1. The highest BCUT2D eigenvalue weighted by atomic mass is 16.5. The number of amides is 2. The number of benzene rings is 1. The van der Waals surface area contributed by atoms with Gasteiger partial charge >= 0.3 is 6.09 Å². The van der Waals surface area contributed by atoms with Gasteiger partial charge in [0.05, 0.1) is 19.3 Å². The second kappa shape index (κ2) is 17.2. The van der Waals surface area contributed by atoms with Crippen LogP contribution in [0.2, 0.25) is 0 Å². The second-order valence-corrected chi connectivity index (χ2v) is 8.53. The highest BCUT2D eigenvalue weighted by molar-refractivity contribution is 5.94. The Morgan fingerprint density at radius 1 is 1.00 bits per heavy atom. The number of aliphatic hydroxyl groups is 5. The summed E-state index contributed by atoms with van der Waals surface area (Å²) >= 11 is 0. The molecule has 8 N–H and O–H groups in total. The molecule has 1 aromatic rings. The fourth-order valence-corrected chi connectivity index (χ4v) is 3.51. The molecular formula is C24H41N3O8. The predicted octanol–water partition coefficient (Wildman–Crippen LogP) is -0.628. The minimum absolute atomic E-state index is 0.0282. The molecule has 0 heterocycles. The van der Waals surface area contributed by atoms with Gasteiger partial charge in [-0.1, -0.05) is 38.3 Å². The number of rotatable bonds is 18. The van der Waals surface area contributed by atoms with Crippen LogP contribution < -0.4 is 11.1 Å². The predicted molar refractivity (Wildman–Crippen MR) is 130 cm³/mol. The van der Waals surface area contributed by atoms with Crippen molar-refractivity contribution in [3.63, 3.8) is 0 Å². The Morgan fingerprint density at radius 2 is 1.66 bits per heavy atom. The zero-order valence-corrected chi connectivity index (χ0v) is 20.4. The van der Waals surface area contributed by atoms with Gasteiger partial charge in [-0.3, -0.25) is 9.69 Å². The number of hydrogen-bond donors (Lipinski definition) is 7. The summed E-state index contributed by atoms with van der Waals surface area (Å²) in [5.74, 6) is -0.266. The lowest BCUT2D eigenvalue weighted by Gasteiger charge is -2.30. The molecule has 4 atom stereocenters. The van der Waals surface area contributed by atoms with Crippen LogP contribution in [0.25, 0.3) is 0 Å². The lowest BCUT2D eigenvalue weighted by Crippen LogP contribution is -2.50. The van der Waals surface area contributed by atoms with Gasteiger partial charge in [0, 0.05) is 31.6 Å². The number of carbonyl (C=O) groups excluding carboxylic acids is 2. The van der Waals surface area contributed by atoms with Gasteiger partial charge in [-0.05, 0) is 30.7 Å². The minimum atomic E-state index is -1.68. The van der Waals surface area contributed by atoms with Crippen LogP contribution in [0, 0.1) is 0 Å². The summed E-state index contributed by atoms with van der Waals surface area (Å²) in [6.07, 6.45) is -2.55. The maximum Gasteiger partial charge on any atom is 0.404 e. The van der Waals surface area contributed by atoms with Crippen molar-refractivity contribution < 1.29 is 39.9 Å². The molecule has 0 aliphatic carbocycles. The van der Waals surface area contributed by atoms with E-state index in [0.29, 0.717) is 31.6 Å². The van der Waals surface area contributed by atoms with Crippen LogP contribution in [0.4, 0.5) is 4.79 Å². The zero-order valence-electron chi connectivity index (χ0n) is 20.4. The Labute approximate surface area is 206 Å². The zero-order chi connectivity index (χ0) is 26.2. The summed E-state index contributed by atoms with van der Waals surface area (Å²) in [7, 11) is 0. The number of primary amides is 1. The first-order chi connectivity index (χ1) is 16.7. The summed E-state index contributed by atoms with van der Waals surface area (Å²) in [6.45, 7) is 2.88. The molecule has 0 radical (unpaired) electrons.